The van der Waals surface area contributed by atoms with Gasteiger partial charge in [-0.05, 0) is 29.7 Å². The van der Waals surface area contributed by atoms with Crippen LogP contribution in [0.3, 0.4) is 0 Å². The number of thiocarbonyl (C=S) groups is 1. The van der Waals surface area contributed by atoms with Gasteiger partial charge in [-0.25, -0.2) is 4.79 Å². The zero-order valence-corrected chi connectivity index (χ0v) is 16.2. The third-order valence-corrected chi connectivity index (χ3v) is 5.31. The normalized spacial score (nSPS) is 17.4. The van der Waals surface area contributed by atoms with Crippen LogP contribution in [0, 0.1) is 0 Å². The van der Waals surface area contributed by atoms with Crippen molar-refractivity contribution in [1.29, 1.82) is 0 Å². The van der Waals surface area contributed by atoms with Crippen LogP contribution in [0.2, 0.25) is 0 Å². The van der Waals surface area contributed by atoms with Crippen molar-refractivity contribution >= 4 is 46.3 Å². The molecule has 0 spiro atoms. The number of thioether (sulfide) groups is 1. The number of rotatable bonds is 5. The average Bonchev–Trinajstić information content (AvgIpc) is 2.91. The first-order chi connectivity index (χ1) is 13.0. The lowest BCUT2D eigenvalue weighted by Crippen LogP contribution is -2.37. The van der Waals surface area contributed by atoms with Gasteiger partial charge in [0.2, 0.25) is 0 Å². The van der Waals surface area contributed by atoms with Crippen molar-refractivity contribution in [3.8, 4) is 0 Å². The van der Waals surface area contributed by atoms with Crippen LogP contribution < -0.4 is 0 Å². The molecular weight excluding hydrogens is 378 g/mol. The topological polar surface area (TPSA) is 57.6 Å². The number of carboxylic acid groups (broad SMARTS) is 1. The number of carbonyl (C=O) groups is 2. The van der Waals surface area contributed by atoms with Crippen LogP contribution in [0.5, 0.6) is 0 Å². The Kier molecular flexibility index (Phi) is 5.88. The molecule has 0 aromatic heterocycles. The largest absolute Gasteiger partial charge is 0.479 e. The van der Waals surface area contributed by atoms with Crippen molar-refractivity contribution in [1.82, 2.24) is 4.90 Å². The number of carboxylic acids is 1. The Hall–Kier alpha value is -2.70. The molecule has 1 amide bonds. The maximum Gasteiger partial charge on any atom is 0.331 e. The number of carbonyl (C=O) groups excluding carboxylic acids is 1. The molecule has 1 N–H and O–H groups in total. The Morgan fingerprint density at radius 3 is 2.30 bits per heavy atom. The number of hydrogen-bond acceptors (Lipinski definition) is 4. The Balaban J connectivity index is 1.90. The number of amides is 1. The first-order valence-electron chi connectivity index (χ1n) is 8.25. The van der Waals surface area contributed by atoms with E-state index in [0.717, 1.165) is 22.9 Å². The molecule has 1 saturated heterocycles. The van der Waals surface area contributed by atoms with E-state index in [0.29, 0.717) is 10.5 Å². The third kappa shape index (κ3) is 4.35. The molecular formula is C21H17NO3S2. The second-order valence-corrected chi connectivity index (χ2v) is 7.68. The standard InChI is InChI=1S/C21H17NO3S2/c1-14(12-15-8-4-2-5-9-15)13-17-19(23)22(21(26)27-17)18(20(24)25)16-10-6-3-7-11-16/h2-13,18H,1H3,(H,24,25). The summed E-state index contributed by atoms with van der Waals surface area (Å²) in [7, 11) is 0. The lowest BCUT2D eigenvalue weighted by atomic mass is 10.1. The number of allylic oxidation sites excluding steroid dienone is 2. The van der Waals surface area contributed by atoms with Gasteiger partial charge in [-0.15, -0.1) is 0 Å². The molecule has 6 heteroatoms. The summed E-state index contributed by atoms with van der Waals surface area (Å²) in [6.07, 6.45) is 3.70. The van der Waals surface area contributed by atoms with E-state index in [1.807, 2.05) is 43.3 Å². The first-order valence-corrected chi connectivity index (χ1v) is 9.48. The van der Waals surface area contributed by atoms with Crippen LogP contribution >= 0.6 is 24.0 Å². The highest BCUT2D eigenvalue weighted by Gasteiger charge is 2.41. The molecule has 1 aliphatic rings. The van der Waals surface area contributed by atoms with Crippen molar-refractivity contribution in [3.63, 3.8) is 0 Å². The van der Waals surface area contributed by atoms with Gasteiger partial charge in [0.05, 0.1) is 4.91 Å². The van der Waals surface area contributed by atoms with Crippen molar-refractivity contribution in [3.05, 3.63) is 88.3 Å². The molecule has 0 saturated carbocycles. The Bertz CT molecular complexity index is 936. The quantitative estimate of drug-likeness (QED) is 0.589. The van der Waals surface area contributed by atoms with E-state index < -0.39 is 12.0 Å². The van der Waals surface area contributed by atoms with Gasteiger partial charge >= 0.3 is 5.97 Å². The van der Waals surface area contributed by atoms with E-state index in [-0.39, 0.29) is 10.2 Å². The average molecular weight is 396 g/mol. The van der Waals surface area contributed by atoms with Crippen LogP contribution in [0.4, 0.5) is 0 Å². The molecule has 27 heavy (non-hydrogen) atoms. The van der Waals surface area contributed by atoms with Gasteiger partial charge < -0.3 is 5.11 Å². The van der Waals surface area contributed by atoms with E-state index >= 15 is 0 Å². The van der Waals surface area contributed by atoms with E-state index in [1.54, 1.807) is 36.4 Å². The maximum absolute atomic E-state index is 12.9. The van der Waals surface area contributed by atoms with Gasteiger partial charge in [0.15, 0.2) is 6.04 Å². The van der Waals surface area contributed by atoms with Gasteiger partial charge in [0.25, 0.3) is 5.91 Å². The van der Waals surface area contributed by atoms with E-state index in [4.69, 9.17) is 12.2 Å². The molecule has 4 nitrogen and oxygen atoms in total. The minimum atomic E-state index is -1.14. The fourth-order valence-electron chi connectivity index (χ4n) is 2.80. The highest BCUT2D eigenvalue weighted by Crippen LogP contribution is 2.38. The highest BCUT2D eigenvalue weighted by atomic mass is 32.2. The highest BCUT2D eigenvalue weighted by molar-refractivity contribution is 8.26. The molecule has 0 radical (unpaired) electrons. The summed E-state index contributed by atoms with van der Waals surface area (Å²) < 4.78 is 0.245. The second-order valence-electron chi connectivity index (χ2n) is 6.00. The molecule has 0 bridgehead atoms. The number of nitrogens with zero attached hydrogens (tertiary/aromatic N) is 1. The lowest BCUT2D eigenvalue weighted by molar-refractivity contribution is -0.145. The fraction of sp³-hybridized carbons (Fsp3) is 0.0952. The van der Waals surface area contributed by atoms with Gasteiger partial charge in [-0.2, -0.15) is 0 Å². The van der Waals surface area contributed by atoms with Crippen molar-refractivity contribution in [2.24, 2.45) is 0 Å². The lowest BCUT2D eigenvalue weighted by Gasteiger charge is -2.23. The summed E-state index contributed by atoms with van der Waals surface area (Å²) in [5, 5.41) is 9.69. The molecule has 2 aromatic rings. The van der Waals surface area contributed by atoms with E-state index in [2.05, 4.69) is 0 Å². The predicted octanol–water partition coefficient (Wildman–Crippen LogP) is 4.66. The number of aliphatic carboxylic acids is 1. The number of benzene rings is 2. The van der Waals surface area contributed by atoms with Crippen LogP contribution in [0.25, 0.3) is 6.08 Å². The van der Waals surface area contributed by atoms with Crippen molar-refractivity contribution in [2.45, 2.75) is 13.0 Å². The molecule has 1 heterocycles. The Morgan fingerprint density at radius 2 is 1.70 bits per heavy atom. The summed E-state index contributed by atoms with van der Waals surface area (Å²) in [6.45, 7) is 1.89. The molecule has 2 aromatic carbocycles. The summed E-state index contributed by atoms with van der Waals surface area (Å²) in [6, 6.07) is 17.3. The molecule has 136 valence electrons. The molecule has 1 aliphatic heterocycles. The smallest absolute Gasteiger partial charge is 0.331 e. The summed E-state index contributed by atoms with van der Waals surface area (Å²) in [4.78, 5) is 26.3. The van der Waals surface area contributed by atoms with Crippen molar-refractivity contribution < 1.29 is 14.7 Å². The minimum absolute atomic E-state index is 0.245. The Labute approximate surface area is 167 Å². The predicted molar refractivity (Wildman–Crippen MR) is 112 cm³/mol. The number of hydrogen-bond donors (Lipinski definition) is 1. The summed E-state index contributed by atoms with van der Waals surface area (Å²) in [5.74, 6) is -1.50. The van der Waals surface area contributed by atoms with Gasteiger partial charge in [0, 0.05) is 0 Å². The minimum Gasteiger partial charge on any atom is -0.479 e. The summed E-state index contributed by atoms with van der Waals surface area (Å²) in [5.41, 5.74) is 2.42. The SMILES string of the molecule is CC(=Cc1ccccc1)C=C1SC(=S)N(C(C(=O)O)c2ccccc2)C1=O. The molecule has 3 rings (SSSR count). The van der Waals surface area contributed by atoms with Gasteiger partial charge in [-0.3, -0.25) is 9.69 Å². The first kappa shape index (κ1) is 19.1. The fourth-order valence-corrected chi connectivity index (χ4v) is 4.16. The van der Waals surface area contributed by atoms with Crippen LogP contribution in [-0.4, -0.2) is 26.2 Å². The summed E-state index contributed by atoms with van der Waals surface area (Å²) >= 11 is 6.44. The zero-order valence-electron chi connectivity index (χ0n) is 14.5. The maximum atomic E-state index is 12.9. The van der Waals surface area contributed by atoms with Crippen LogP contribution in [0.1, 0.15) is 24.1 Å². The molecule has 1 atom stereocenters. The van der Waals surface area contributed by atoms with Crippen molar-refractivity contribution in [2.75, 3.05) is 0 Å². The zero-order chi connectivity index (χ0) is 19.4. The van der Waals surface area contributed by atoms with Crippen LogP contribution in [0.15, 0.2) is 77.2 Å². The third-order valence-electron chi connectivity index (χ3n) is 3.98. The van der Waals surface area contributed by atoms with E-state index in [1.165, 1.54) is 4.90 Å². The molecule has 1 fully saturated rings. The monoisotopic (exact) mass is 395 g/mol. The molecule has 0 aliphatic carbocycles. The molecule has 1 unspecified atom stereocenters. The van der Waals surface area contributed by atoms with E-state index in [9.17, 15) is 14.7 Å². The second kappa shape index (κ2) is 8.33. The van der Waals surface area contributed by atoms with Gasteiger partial charge in [0.1, 0.15) is 4.32 Å². The Morgan fingerprint density at radius 1 is 1.11 bits per heavy atom. The van der Waals surface area contributed by atoms with Crippen LogP contribution in [-0.2, 0) is 9.59 Å². The van der Waals surface area contributed by atoms with Gasteiger partial charge in [-0.1, -0.05) is 90.7 Å².